The number of carboxylic acid groups (broad SMARTS) is 2. The molecule has 1 aromatic rings. The van der Waals surface area contributed by atoms with E-state index in [1.165, 1.54) is 0 Å². The molecule has 1 aromatic carbocycles. The molecule has 0 saturated heterocycles. The molecular formula is C14H18N2O5. The molecule has 0 spiro atoms. The summed E-state index contributed by atoms with van der Waals surface area (Å²) in [5, 5.41) is 20.1. The van der Waals surface area contributed by atoms with Crippen molar-refractivity contribution in [1.29, 1.82) is 0 Å². The highest BCUT2D eigenvalue weighted by molar-refractivity contribution is 5.84. The molecule has 1 rings (SSSR count). The fourth-order valence-corrected chi connectivity index (χ4v) is 1.82. The summed E-state index contributed by atoms with van der Waals surface area (Å²) in [6.07, 6.45) is -0.246. The number of hydrogen-bond acceptors (Lipinski definition) is 4. The van der Waals surface area contributed by atoms with E-state index in [9.17, 15) is 14.4 Å². The van der Waals surface area contributed by atoms with Crippen LogP contribution in [-0.4, -0.2) is 34.1 Å². The van der Waals surface area contributed by atoms with Crippen molar-refractivity contribution in [3.63, 3.8) is 0 Å². The van der Waals surface area contributed by atoms with Crippen LogP contribution in [0.5, 0.6) is 0 Å². The Bertz CT molecular complexity index is 503. The largest absolute Gasteiger partial charge is 0.481 e. The molecular weight excluding hydrogens is 276 g/mol. The summed E-state index contributed by atoms with van der Waals surface area (Å²) in [7, 11) is 0. The lowest BCUT2D eigenvalue weighted by Crippen LogP contribution is -2.38. The number of rotatable bonds is 8. The van der Waals surface area contributed by atoms with Crippen molar-refractivity contribution in [2.24, 2.45) is 5.73 Å². The predicted octanol–water partition coefficient (Wildman–Crippen LogP) is 0.511. The minimum absolute atomic E-state index is 0.106. The summed E-state index contributed by atoms with van der Waals surface area (Å²) in [6, 6.07) is 7.13. The maximum atomic E-state index is 11.8. The third-order valence-corrected chi connectivity index (χ3v) is 2.91. The highest BCUT2D eigenvalue weighted by Crippen LogP contribution is 2.18. The van der Waals surface area contributed by atoms with E-state index in [1.54, 1.807) is 30.3 Å². The van der Waals surface area contributed by atoms with Crippen molar-refractivity contribution in [3.8, 4) is 0 Å². The van der Waals surface area contributed by atoms with E-state index < -0.39 is 29.9 Å². The number of amides is 1. The van der Waals surface area contributed by atoms with Gasteiger partial charge in [0.15, 0.2) is 0 Å². The molecule has 5 N–H and O–H groups in total. The number of carbonyl (C=O) groups is 3. The van der Waals surface area contributed by atoms with Crippen LogP contribution in [-0.2, 0) is 14.4 Å². The van der Waals surface area contributed by atoms with E-state index in [0.29, 0.717) is 0 Å². The van der Waals surface area contributed by atoms with E-state index in [1.807, 2.05) is 0 Å². The van der Waals surface area contributed by atoms with Gasteiger partial charge in [0.25, 0.3) is 0 Å². The average Bonchev–Trinajstić information content (AvgIpc) is 2.44. The summed E-state index contributed by atoms with van der Waals surface area (Å²) in [5.41, 5.74) is 6.06. The monoisotopic (exact) mass is 294 g/mol. The van der Waals surface area contributed by atoms with Crippen LogP contribution in [0.2, 0.25) is 0 Å². The number of aliphatic carboxylic acids is 2. The summed E-state index contributed by atoms with van der Waals surface area (Å²) >= 11 is 0. The first kappa shape index (κ1) is 16.6. The molecule has 21 heavy (non-hydrogen) atoms. The third-order valence-electron chi connectivity index (χ3n) is 2.91. The first-order valence-corrected chi connectivity index (χ1v) is 6.44. The SMILES string of the molecule is N[C@@H](CC(=O)N[C@@H](CCC(=O)O)c1ccccc1)C(=O)O. The second kappa shape index (κ2) is 8.01. The number of nitrogens with two attached hydrogens (primary N) is 1. The Morgan fingerprint density at radius 3 is 2.29 bits per heavy atom. The van der Waals surface area contributed by atoms with Gasteiger partial charge in [-0.3, -0.25) is 14.4 Å². The molecule has 0 radical (unpaired) electrons. The van der Waals surface area contributed by atoms with Crippen LogP contribution < -0.4 is 11.1 Å². The van der Waals surface area contributed by atoms with Gasteiger partial charge in [-0.15, -0.1) is 0 Å². The van der Waals surface area contributed by atoms with E-state index in [0.717, 1.165) is 5.56 Å². The van der Waals surface area contributed by atoms with Crippen LogP contribution in [0, 0.1) is 0 Å². The summed E-state index contributed by atoms with van der Waals surface area (Å²) in [4.78, 5) is 33.1. The molecule has 0 unspecified atom stereocenters. The topological polar surface area (TPSA) is 130 Å². The standard InChI is InChI=1S/C14H18N2O5/c15-10(14(20)21)8-12(17)16-11(6-7-13(18)19)9-4-2-1-3-5-9/h1-5,10-11H,6-8,15H2,(H,16,17)(H,18,19)(H,20,21)/t10-,11-/m0/s1. The lowest BCUT2D eigenvalue weighted by Gasteiger charge is -2.19. The quantitative estimate of drug-likeness (QED) is 0.552. The first-order valence-electron chi connectivity index (χ1n) is 6.44. The first-order chi connectivity index (χ1) is 9.90. The molecule has 0 aliphatic rings. The molecule has 0 bridgehead atoms. The Morgan fingerprint density at radius 1 is 1.14 bits per heavy atom. The Kier molecular flexibility index (Phi) is 6.35. The summed E-state index contributed by atoms with van der Waals surface area (Å²) < 4.78 is 0. The third kappa shape index (κ3) is 6.05. The maximum absolute atomic E-state index is 11.8. The zero-order valence-electron chi connectivity index (χ0n) is 11.4. The number of carbonyl (C=O) groups excluding carboxylic acids is 1. The Hall–Kier alpha value is -2.41. The molecule has 0 aromatic heterocycles. The van der Waals surface area contributed by atoms with Crippen molar-refractivity contribution in [2.45, 2.75) is 31.3 Å². The van der Waals surface area contributed by atoms with Gasteiger partial charge in [-0.05, 0) is 12.0 Å². The molecule has 0 saturated carbocycles. The minimum atomic E-state index is -1.28. The molecule has 2 atom stereocenters. The highest BCUT2D eigenvalue weighted by Gasteiger charge is 2.20. The molecule has 0 aliphatic carbocycles. The van der Waals surface area contributed by atoms with E-state index in [4.69, 9.17) is 15.9 Å². The Morgan fingerprint density at radius 2 is 1.76 bits per heavy atom. The van der Waals surface area contributed by atoms with Crippen molar-refractivity contribution >= 4 is 17.8 Å². The van der Waals surface area contributed by atoms with Gasteiger partial charge in [-0.1, -0.05) is 30.3 Å². The van der Waals surface area contributed by atoms with Crippen LogP contribution in [0.25, 0.3) is 0 Å². The van der Waals surface area contributed by atoms with Crippen LogP contribution in [0.15, 0.2) is 30.3 Å². The molecule has 114 valence electrons. The smallest absolute Gasteiger partial charge is 0.321 e. The number of benzene rings is 1. The van der Waals surface area contributed by atoms with Crippen molar-refractivity contribution in [2.75, 3.05) is 0 Å². The molecule has 0 fully saturated rings. The van der Waals surface area contributed by atoms with Crippen LogP contribution in [0.1, 0.15) is 30.9 Å². The van der Waals surface area contributed by atoms with Gasteiger partial charge in [-0.2, -0.15) is 0 Å². The van der Waals surface area contributed by atoms with Crippen molar-refractivity contribution in [1.82, 2.24) is 5.32 Å². The van der Waals surface area contributed by atoms with Crippen molar-refractivity contribution in [3.05, 3.63) is 35.9 Å². The van der Waals surface area contributed by atoms with Crippen LogP contribution in [0.3, 0.4) is 0 Å². The zero-order chi connectivity index (χ0) is 15.8. The van der Waals surface area contributed by atoms with E-state index in [-0.39, 0.29) is 19.3 Å². The summed E-state index contributed by atoms with van der Waals surface area (Å²) in [5.74, 6) is -2.75. The molecule has 7 nitrogen and oxygen atoms in total. The van der Waals surface area contributed by atoms with Gasteiger partial charge in [0.2, 0.25) is 5.91 Å². The molecule has 1 amide bonds. The fraction of sp³-hybridized carbons (Fsp3) is 0.357. The summed E-state index contributed by atoms with van der Waals surface area (Å²) in [6.45, 7) is 0. The van der Waals surface area contributed by atoms with Gasteiger partial charge < -0.3 is 21.3 Å². The average molecular weight is 294 g/mol. The maximum Gasteiger partial charge on any atom is 0.321 e. The number of nitrogens with one attached hydrogen (secondary N) is 1. The van der Waals surface area contributed by atoms with Gasteiger partial charge >= 0.3 is 11.9 Å². The lowest BCUT2D eigenvalue weighted by atomic mass is 10.0. The van der Waals surface area contributed by atoms with Crippen LogP contribution >= 0.6 is 0 Å². The van der Waals surface area contributed by atoms with Crippen molar-refractivity contribution < 1.29 is 24.6 Å². The minimum Gasteiger partial charge on any atom is -0.481 e. The molecule has 0 aliphatic heterocycles. The zero-order valence-corrected chi connectivity index (χ0v) is 11.4. The van der Waals surface area contributed by atoms with Gasteiger partial charge in [0, 0.05) is 6.42 Å². The van der Waals surface area contributed by atoms with Gasteiger partial charge in [0.1, 0.15) is 6.04 Å². The number of hydrogen-bond donors (Lipinski definition) is 4. The normalized spacial score (nSPS) is 13.2. The highest BCUT2D eigenvalue weighted by atomic mass is 16.4. The Labute approximate surface area is 121 Å². The fourth-order valence-electron chi connectivity index (χ4n) is 1.82. The van der Waals surface area contributed by atoms with E-state index in [2.05, 4.69) is 5.32 Å². The second-order valence-corrected chi connectivity index (χ2v) is 4.61. The number of carboxylic acids is 2. The van der Waals surface area contributed by atoms with Gasteiger partial charge in [-0.25, -0.2) is 0 Å². The van der Waals surface area contributed by atoms with Crippen LogP contribution in [0.4, 0.5) is 0 Å². The van der Waals surface area contributed by atoms with E-state index >= 15 is 0 Å². The molecule has 7 heteroatoms. The lowest BCUT2D eigenvalue weighted by molar-refractivity contribution is -0.140. The molecule has 0 heterocycles. The Balaban J connectivity index is 2.71. The predicted molar refractivity (Wildman–Crippen MR) is 74.4 cm³/mol. The second-order valence-electron chi connectivity index (χ2n) is 4.61. The van der Waals surface area contributed by atoms with Gasteiger partial charge in [0.05, 0.1) is 12.5 Å².